The van der Waals surface area contributed by atoms with Gasteiger partial charge in [0.15, 0.2) is 0 Å². The summed E-state index contributed by atoms with van der Waals surface area (Å²) in [6.07, 6.45) is 1.89. The van der Waals surface area contributed by atoms with Gasteiger partial charge in [0.1, 0.15) is 0 Å². The first-order chi connectivity index (χ1) is 18.1. The van der Waals surface area contributed by atoms with Crippen molar-refractivity contribution in [1.82, 2.24) is 15.1 Å². The molecule has 1 N–H and O–H groups in total. The van der Waals surface area contributed by atoms with Crippen LogP contribution in [0.25, 0.3) is 0 Å². The molecule has 210 valence electrons. The Balaban J connectivity index is 0.000000453. The second-order valence-electron chi connectivity index (χ2n) is 10.3. The highest BCUT2D eigenvalue weighted by Gasteiger charge is 2.40. The zero-order valence-corrected chi connectivity index (χ0v) is 24.3. The van der Waals surface area contributed by atoms with Crippen molar-refractivity contribution < 1.29 is 19.1 Å². The molecule has 1 fully saturated rings. The smallest absolute Gasteiger partial charge is 0.317 e. The number of likely N-dealkylation sites (tertiary alicyclic amines) is 1. The number of esters is 1. The van der Waals surface area contributed by atoms with Crippen molar-refractivity contribution in [1.29, 1.82) is 0 Å². The number of ether oxygens (including phenoxy) is 1. The van der Waals surface area contributed by atoms with Crippen LogP contribution in [-0.2, 0) is 20.9 Å². The minimum absolute atomic E-state index is 0.0576. The first kappa shape index (κ1) is 32.7. The fraction of sp³-hybridized carbons (Fsp3) is 0.516. The SMILES string of the molecule is CCC(=O)OC.CNC(=O)N1CCC(C)(C(=O)N(Cc2ccccc2)CC(C)C)CC1.Cc1ccccc1. The third-order valence-electron chi connectivity index (χ3n) is 6.43. The maximum Gasteiger partial charge on any atom is 0.317 e. The van der Waals surface area contributed by atoms with Crippen molar-refractivity contribution in [2.45, 2.75) is 60.4 Å². The van der Waals surface area contributed by atoms with Gasteiger partial charge in [0, 0.05) is 45.1 Å². The Labute approximate surface area is 229 Å². The topological polar surface area (TPSA) is 79.0 Å². The molecule has 3 amide bonds. The number of carbonyl (C=O) groups excluding carboxylic acids is 3. The van der Waals surface area contributed by atoms with Gasteiger partial charge in [-0.05, 0) is 31.2 Å². The summed E-state index contributed by atoms with van der Waals surface area (Å²) in [5.74, 6) is 0.471. The molecule has 0 radical (unpaired) electrons. The fourth-order valence-corrected chi connectivity index (χ4v) is 4.10. The molecule has 1 heterocycles. The van der Waals surface area contributed by atoms with Crippen LogP contribution in [0.15, 0.2) is 60.7 Å². The lowest BCUT2D eigenvalue weighted by atomic mass is 9.78. The molecule has 0 saturated carbocycles. The molecule has 7 heteroatoms. The molecule has 0 bridgehead atoms. The molecule has 1 saturated heterocycles. The van der Waals surface area contributed by atoms with Gasteiger partial charge >= 0.3 is 12.0 Å². The van der Waals surface area contributed by atoms with E-state index in [4.69, 9.17) is 0 Å². The second-order valence-corrected chi connectivity index (χ2v) is 10.3. The third-order valence-corrected chi connectivity index (χ3v) is 6.43. The van der Waals surface area contributed by atoms with Crippen LogP contribution in [-0.4, -0.2) is 61.5 Å². The van der Waals surface area contributed by atoms with E-state index in [1.54, 1.807) is 18.9 Å². The number of hydrogen-bond acceptors (Lipinski definition) is 4. The number of aryl methyl sites for hydroxylation is 1. The third kappa shape index (κ3) is 11.8. The molecule has 0 aliphatic carbocycles. The number of carbonyl (C=O) groups is 3. The summed E-state index contributed by atoms with van der Waals surface area (Å²) in [5, 5.41) is 2.66. The molecular weight excluding hydrogens is 478 g/mol. The van der Waals surface area contributed by atoms with Gasteiger partial charge < -0.3 is 19.9 Å². The summed E-state index contributed by atoms with van der Waals surface area (Å²) < 4.78 is 4.26. The van der Waals surface area contributed by atoms with Crippen molar-refractivity contribution in [3.05, 3.63) is 71.8 Å². The summed E-state index contributed by atoms with van der Waals surface area (Å²) >= 11 is 0. The van der Waals surface area contributed by atoms with E-state index in [-0.39, 0.29) is 17.9 Å². The molecule has 0 aromatic heterocycles. The molecule has 38 heavy (non-hydrogen) atoms. The minimum atomic E-state index is -0.395. The molecule has 2 aromatic rings. The standard InChI is InChI=1S/C20H31N3O2.C7H8.C4H8O2/c1-16(2)14-23(15-17-8-6-5-7-9-17)18(24)20(3)10-12-22(13-11-20)19(25)21-4;1-7-5-3-2-4-6-7;1-3-4(5)6-2/h5-9,16H,10-15H2,1-4H3,(H,21,25);2-6H,1H3;3H2,1-2H3. The second kappa shape index (κ2) is 17.2. The molecule has 0 unspecified atom stereocenters. The summed E-state index contributed by atoms with van der Waals surface area (Å²) in [7, 11) is 3.03. The van der Waals surface area contributed by atoms with E-state index in [2.05, 4.69) is 62.0 Å². The largest absolute Gasteiger partial charge is 0.469 e. The van der Waals surface area contributed by atoms with Gasteiger partial charge in [0.2, 0.25) is 5.91 Å². The number of hydrogen-bond donors (Lipinski definition) is 1. The van der Waals surface area contributed by atoms with E-state index in [0.29, 0.717) is 44.8 Å². The molecule has 3 rings (SSSR count). The Morgan fingerprint density at radius 2 is 1.53 bits per heavy atom. The molecule has 0 atom stereocenters. The van der Waals surface area contributed by atoms with E-state index in [1.165, 1.54) is 12.7 Å². The Hall–Kier alpha value is -3.35. The van der Waals surface area contributed by atoms with E-state index in [0.717, 1.165) is 12.1 Å². The first-order valence-corrected chi connectivity index (χ1v) is 13.4. The lowest BCUT2D eigenvalue weighted by Gasteiger charge is -2.41. The number of benzene rings is 2. The Kier molecular flexibility index (Phi) is 14.8. The zero-order valence-electron chi connectivity index (χ0n) is 24.3. The van der Waals surface area contributed by atoms with Crippen LogP contribution < -0.4 is 5.32 Å². The van der Waals surface area contributed by atoms with Crippen molar-refractivity contribution in [3.63, 3.8) is 0 Å². The van der Waals surface area contributed by atoms with E-state index in [9.17, 15) is 14.4 Å². The Morgan fingerprint density at radius 3 is 1.89 bits per heavy atom. The highest BCUT2D eigenvalue weighted by molar-refractivity contribution is 5.83. The number of nitrogens with one attached hydrogen (secondary N) is 1. The average molecular weight is 526 g/mol. The summed E-state index contributed by atoms with van der Waals surface area (Å²) in [6.45, 7) is 12.8. The maximum atomic E-state index is 13.3. The molecule has 0 spiro atoms. The van der Waals surface area contributed by atoms with Gasteiger partial charge in [-0.2, -0.15) is 0 Å². The van der Waals surface area contributed by atoms with Crippen LogP contribution in [0, 0.1) is 18.3 Å². The molecule has 1 aliphatic heterocycles. The highest BCUT2D eigenvalue weighted by Crippen LogP contribution is 2.34. The molecule has 2 aromatic carbocycles. The van der Waals surface area contributed by atoms with Crippen LogP contribution in [0.3, 0.4) is 0 Å². The van der Waals surface area contributed by atoms with Crippen LogP contribution in [0.1, 0.15) is 58.1 Å². The summed E-state index contributed by atoms with van der Waals surface area (Å²) in [6, 6.07) is 20.4. The maximum absolute atomic E-state index is 13.3. The van der Waals surface area contributed by atoms with Crippen LogP contribution >= 0.6 is 0 Å². The Morgan fingerprint density at radius 1 is 1.00 bits per heavy atom. The van der Waals surface area contributed by atoms with Crippen molar-refractivity contribution in [2.75, 3.05) is 33.8 Å². The van der Waals surface area contributed by atoms with Gasteiger partial charge in [-0.3, -0.25) is 9.59 Å². The van der Waals surface area contributed by atoms with Crippen LogP contribution in [0.2, 0.25) is 0 Å². The predicted octanol–water partition coefficient (Wildman–Crippen LogP) is 5.68. The monoisotopic (exact) mass is 525 g/mol. The summed E-state index contributed by atoms with van der Waals surface area (Å²) in [5.41, 5.74) is 2.08. The van der Waals surface area contributed by atoms with Crippen LogP contribution in [0.5, 0.6) is 0 Å². The summed E-state index contributed by atoms with van der Waals surface area (Å²) in [4.78, 5) is 38.8. The van der Waals surface area contributed by atoms with Gasteiger partial charge in [0.25, 0.3) is 0 Å². The lowest BCUT2D eigenvalue weighted by Crippen LogP contribution is -2.51. The number of amides is 3. The van der Waals surface area contributed by atoms with Crippen molar-refractivity contribution >= 4 is 17.9 Å². The number of urea groups is 1. The molecule has 1 aliphatic rings. The molecule has 7 nitrogen and oxygen atoms in total. The van der Waals surface area contributed by atoms with Gasteiger partial charge in [0.05, 0.1) is 7.11 Å². The van der Waals surface area contributed by atoms with Gasteiger partial charge in [-0.25, -0.2) is 4.79 Å². The minimum Gasteiger partial charge on any atom is -0.469 e. The van der Waals surface area contributed by atoms with Crippen molar-refractivity contribution in [2.24, 2.45) is 11.3 Å². The predicted molar refractivity (Wildman–Crippen MR) is 154 cm³/mol. The first-order valence-electron chi connectivity index (χ1n) is 13.4. The normalized spacial score (nSPS) is 13.7. The quantitative estimate of drug-likeness (QED) is 0.493. The van der Waals surface area contributed by atoms with Gasteiger partial charge in [-0.1, -0.05) is 93.9 Å². The fourth-order valence-electron chi connectivity index (χ4n) is 4.10. The van der Waals surface area contributed by atoms with Crippen molar-refractivity contribution in [3.8, 4) is 0 Å². The van der Waals surface area contributed by atoms with Gasteiger partial charge in [-0.15, -0.1) is 0 Å². The number of methoxy groups -OCH3 is 1. The number of nitrogens with zero attached hydrogens (tertiary/aromatic N) is 2. The lowest BCUT2D eigenvalue weighted by molar-refractivity contribution is -0.145. The van der Waals surface area contributed by atoms with Crippen LogP contribution in [0.4, 0.5) is 4.79 Å². The number of rotatable bonds is 6. The van der Waals surface area contributed by atoms with E-state index in [1.807, 2.05) is 41.3 Å². The highest BCUT2D eigenvalue weighted by atomic mass is 16.5. The Bertz CT molecular complexity index is 950. The molecular formula is C31H47N3O4. The van der Waals surface area contributed by atoms with E-state index < -0.39 is 5.41 Å². The van der Waals surface area contributed by atoms with E-state index >= 15 is 0 Å². The average Bonchev–Trinajstić information content (AvgIpc) is 2.93. The zero-order chi connectivity index (χ0) is 28.6. The number of piperidine rings is 1.